The highest BCUT2D eigenvalue weighted by Crippen LogP contribution is 2.70. The van der Waals surface area contributed by atoms with E-state index in [2.05, 4.69) is 12.2 Å². The Kier molecular flexibility index (Phi) is 3.49. The highest BCUT2D eigenvalue weighted by atomic mass is 19.1. The van der Waals surface area contributed by atoms with E-state index in [9.17, 15) is 14.0 Å². The molecule has 0 radical (unpaired) electrons. The second-order valence-electron chi connectivity index (χ2n) is 8.22. The van der Waals surface area contributed by atoms with E-state index >= 15 is 0 Å². The van der Waals surface area contributed by atoms with Crippen molar-refractivity contribution in [3.05, 3.63) is 47.8 Å². The van der Waals surface area contributed by atoms with Crippen molar-refractivity contribution in [1.82, 2.24) is 9.80 Å². The second-order valence-corrected chi connectivity index (χ2v) is 8.22. The molecule has 26 heavy (non-hydrogen) atoms. The van der Waals surface area contributed by atoms with E-state index < -0.39 is 5.82 Å². The van der Waals surface area contributed by atoms with Gasteiger partial charge in [-0.05, 0) is 54.7 Å². The minimum Gasteiger partial charge on any atom is -0.339 e. The zero-order chi connectivity index (χ0) is 17.9. The molecule has 1 aliphatic heterocycles. The summed E-state index contributed by atoms with van der Waals surface area (Å²) in [6, 6.07) is 5.80. The number of amides is 2. The molecule has 3 fully saturated rings. The first-order chi connectivity index (χ1) is 12.6. The summed E-state index contributed by atoms with van der Waals surface area (Å²) in [4.78, 5) is 29.2. The van der Waals surface area contributed by atoms with E-state index in [4.69, 9.17) is 0 Å². The minimum atomic E-state index is -0.400. The van der Waals surface area contributed by atoms with Crippen molar-refractivity contribution in [2.24, 2.45) is 23.2 Å². The van der Waals surface area contributed by atoms with Crippen LogP contribution in [0.25, 0.3) is 0 Å². The summed E-state index contributed by atoms with van der Waals surface area (Å²) in [7, 11) is 0. The number of rotatable bonds is 2. The molecule has 1 saturated heterocycles. The monoisotopic (exact) mass is 354 g/mol. The van der Waals surface area contributed by atoms with Crippen molar-refractivity contribution in [2.45, 2.75) is 19.3 Å². The van der Waals surface area contributed by atoms with E-state index in [1.807, 2.05) is 4.90 Å². The molecular formula is C21H23FN2O2. The van der Waals surface area contributed by atoms with Crippen LogP contribution in [0.3, 0.4) is 0 Å². The molecule has 1 heterocycles. The highest BCUT2D eigenvalue weighted by Gasteiger charge is 2.64. The van der Waals surface area contributed by atoms with Crippen molar-refractivity contribution in [3.8, 4) is 0 Å². The van der Waals surface area contributed by atoms with Gasteiger partial charge in [-0.1, -0.05) is 18.2 Å². The lowest BCUT2D eigenvalue weighted by atomic mass is 9.88. The lowest BCUT2D eigenvalue weighted by Crippen LogP contribution is -2.52. The average Bonchev–Trinajstić information content (AvgIpc) is 3.34. The van der Waals surface area contributed by atoms with Gasteiger partial charge in [0.15, 0.2) is 0 Å². The predicted octanol–water partition coefficient (Wildman–Crippen LogP) is 2.71. The van der Waals surface area contributed by atoms with E-state index in [0.29, 0.717) is 49.0 Å². The van der Waals surface area contributed by atoms with E-state index in [1.165, 1.54) is 25.0 Å². The minimum absolute atomic E-state index is 0.137. The van der Waals surface area contributed by atoms with Gasteiger partial charge in [0, 0.05) is 37.7 Å². The molecule has 2 bridgehead atoms. The summed E-state index contributed by atoms with van der Waals surface area (Å²) in [6.07, 6.45) is 8.16. The molecule has 1 aromatic carbocycles. The first-order valence-electron chi connectivity index (χ1n) is 9.60. The standard InChI is InChI=1S/C21H23FN2O2/c22-16-3-1-2-14(12-16)19(25)23-8-10-24(11-9-23)20(26)17-13-15-4-5-18(17)21(15)6-7-21/h1-5,12,15,17-18H,6-11,13H2. The van der Waals surface area contributed by atoms with E-state index in [0.717, 1.165) is 6.42 Å². The van der Waals surface area contributed by atoms with Gasteiger partial charge in [0.05, 0.1) is 0 Å². The van der Waals surface area contributed by atoms with Crippen LogP contribution >= 0.6 is 0 Å². The number of benzene rings is 1. The summed E-state index contributed by atoms with van der Waals surface area (Å²) in [5, 5.41) is 0. The molecule has 1 spiro atoms. The summed E-state index contributed by atoms with van der Waals surface area (Å²) in [5.41, 5.74) is 0.800. The maximum Gasteiger partial charge on any atom is 0.254 e. The van der Waals surface area contributed by atoms with Crippen LogP contribution in [-0.2, 0) is 4.79 Å². The first-order valence-corrected chi connectivity index (χ1v) is 9.60. The topological polar surface area (TPSA) is 40.6 Å². The Morgan fingerprint density at radius 2 is 1.77 bits per heavy atom. The largest absolute Gasteiger partial charge is 0.339 e. The molecule has 3 atom stereocenters. The van der Waals surface area contributed by atoms with Crippen LogP contribution < -0.4 is 0 Å². The third-order valence-electron chi connectivity index (χ3n) is 6.99. The Bertz CT molecular complexity index is 793. The van der Waals surface area contributed by atoms with Crippen LogP contribution in [0.15, 0.2) is 36.4 Å². The van der Waals surface area contributed by atoms with Gasteiger partial charge in [-0.3, -0.25) is 9.59 Å². The van der Waals surface area contributed by atoms with Crippen molar-refractivity contribution in [3.63, 3.8) is 0 Å². The second kappa shape index (κ2) is 5.66. The lowest BCUT2D eigenvalue weighted by molar-refractivity contribution is -0.138. The van der Waals surface area contributed by atoms with Crippen molar-refractivity contribution in [2.75, 3.05) is 26.2 Å². The number of halogens is 1. The van der Waals surface area contributed by atoms with Gasteiger partial charge >= 0.3 is 0 Å². The number of nitrogens with zero attached hydrogens (tertiary/aromatic N) is 2. The van der Waals surface area contributed by atoms with Gasteiger partial charge in [-0.25, -0.2) is 4.39 Å². The fourth-order valence-electron chi connectivity index (χ4n) is 5.42. The Labute approximate surface area is 152 Å². The van der Waals surface area contributed by atoms with Gasteiger partial charge in [0.25, 0.3) is 5.91 Å². The molecule has 5 heteroatoms. The van der Waals surface area contributed by atoms with Gasteiger partial charge in [0.1, 0.15) is 5.82 Å². The SMILES string of the molecule is O=C(c1cccc(F)c1)N1CCN(C(=O)C2CC3C=CC2C32CC2)CC1. The highest BCUT2D eigenvalue weighted by molar-refractivity contribution is 5.94. The predicted molar refractivity (Wildman–Crippen MR) is 94.8 cm³/mol. The fourth-order valence-corrected chi connectivity index (χ4v) is 5.42. The number of hydrogen-bond donors (Lipinski definition) is 0. The number of piperazine rings is 1. The van der Waals surface area contributed by atoms with Crippen LogP contribution in [0.2, 0.25) is 0 Å². The van der Waals surface area contributed by atoms with E-state index in [-0.39, 0.29) is 17.7 Å². The molecule has 4 nitrogen and oxygen atoms in total. The third-order valence-corrected chi connectivity index (χ3v) is 6.99. The summed E-state index contributed by atoms with van der Waals surface area (Å²) in [5.74, 6) is 0.896. The van der Waals surface area contributed by atoms with Crippen molar-refractivity contribution in [1.29, 1.82) is 0 Å². The molecule has 4 aliphatic rings. The Morgan fingerprint density at radius 1 is 1.04 bits per heavy atom. The van der Waals surface area contributed by atoms with Gasteiger partial charge in [0.2, 0.25) is 5.91 Å². The van der Waals surface area contributed by atoms with Crippen molar-refractivity contribution >= 4 is 11.8 Å². The molecule has 2 saturated carbocycles. The zero-order valence-corrected chi connectivity index (χ0v) is 14.7. The van der Waals surface area contributed by atoms with Crippen LogP contribution in [-0.4, -0.2) is 47.8 Å². The smallest absolute Gasteiger partial charge is 0.254 e. The molecule has 5 rings (SSSR count). The van der Waals surface area contributed by atoms with Gasteiger partial charge in [-0.15, -0.1) is 0 Å². The number of allylic oxidation sites excluding steroid dienone is 2. The molecule has 3 unspecified atom stereocenters. The maximum atomic E-state index is 13.3. The maximum absolute atomic E-state index is 13.3. The van der Waals surface area contributed by atoms with Crippen LogP contribution in [0, 0.1) is 29.0 Å². The quantitative estimate of drug-likeness (QED) is 0.766. The molecule has 3 aliphatic carbocycles. The molecule has 0 N–H and O–H groups in total. The summed E-state index contributed by atoms with van der Waals surface area (Å²) >= 11 is 0. The Hall–Kier alpha value is -2.17. The van der Waals surface area contributed by atoms with Gasteiger partial charge in [-0.2, -0.15) is 0 Å². The molecule has 0 aromatic heterocycles. The molecular weight excluding hydrogens is 331 g/mol. The van der Waals surface area contributed by atoms with Crippen LogP contribution in [0.4, 0.5) is 4.39 Å². The third kappa shape index (κ3) is 2.32. The van der Waals surface area contributed by atoms with Crippen LogP contribution in [0.1, 0.15) is 29.6 Å². The zero-order valence-electron chi connectivity index (χ0n) is 14.7. The number of hydrogen-bond acceptors (Lipinski definition) is 2. The number of carbonyl (C=O) groups is 2. The summed E-state index contributed by atoms with van der Waals surface area (Å²) in [6.45, 7) is 2.18. The molecule has 136 valence electrons. The van der Waals surface area contributed by atoms with Gasteiger partial charge < -0.3 is 9.80 Å². The molecule has 2 amide bonds. The number of carbonyl (C=O) groups excluding carboxylic acids is 2. The van der Waals surface area contributed by atoms with Crippen molar-refractivity contribution < 1.29 is 14.0 Å². The Morgan fingerprint density at radius 3 is 2.42 bits per heavy atom. The van der Waals surface area contributed by atoms with E-state index in [1.54, 1.807) is 17.0 Å². The Balaban J connectivity index is 1.22. The normalized spacial score (nSPS) is 30.9. The van der Waals surface area contributed by atoms with Crippen LogP contribution in [0.5, 0.6) is 0 Å². The molecule has 1 aromatic rings. The first kappa shape index (κ1) is 16.0. The summed E-state index contributed by atoms with van der Waals surface area (Å²) < 4.78 is 13.3. The fraction of sp³-hybridized carbons (Fsp3) is 0.524. The lowest BCUT2D eigenvalue weighted by Gasteiger charge is -2.37. The average molecular weight is 354 g/mol.